The van der Waals surface area contributed by atoms with Gasteiger partial charge in [-0.15, -0.1) is 11.8 Å². The van der Waals surface area contributed by atoms with Gasteiger partial charge in [-0.1, -0.05) is 65.7 Å². The van der Waals surface area contributed by atoms with Gasteiger partial charge < -0.3 is 0 Å². The number of carbonyl (C=O) groups is 1. The van der Waals surface area contributed by atoms with Gasteiger partial charge in [0.05, 0.1) is 32.6 Å². The molecule has 0 fully saturated rings. The second-order valence-corrected chi connectivity index (χ2v) is 8.56. The van der Waals surface area contributed by atoms with Crippen LogP contribution in [-0.2, 0) is 0 Å². The minimum Gasteiger partial charge on any atom is -0.293 e. The van der Waals surface area contributed by atoms with Crippen molar-refractivity contribution < 1.29 is 4.79 Å². The van der Waals surface area contributed by atoms with E-state index in [-0.39, 0.29) is 17.0 Å². The molecule has 0 N–H and O–H groups in total. The van der Waals surface area contributed by atoms with Crippen LogP contribution in [0.5, 0.6) is 0 Å². The van der Waals surface area contributed by atoms with Crippen molar-refractivity contribution in [1.82, 2.24) is 0 Å². The monoisotopic (exact) mass is 409 g/mol. The molecule has 3 aromatic rings. The van der Waals surface area contributed by atoms with Crippen LogP contribution >= 0.6 is 35.0 Å². The number of aliphatic imine (C=N–C) groups is 1. The third kappa shape index (κ3) is 2.73. The summed E-state index contributed by atoms with van der Waals surface area (Å²) in [4.78, 5) is 19.3. The van der Waals surface area contributed by atoms with Crippen LogP contribution in [0.2, 0.25) is 10.0 Å². The molecule has 2 nitrogen and oxygen atoms in total. The number of thioether (sulfide) groups is 1. The van der Waals surface area contributed by atoms with Gasteiger partial charge in [-0.3, -0.25) is 9.79 Å². The summed E-state index contributed by atoms with van der Waals surface area (Å²) < 4.78 is 0. The maximum atomic E-state index is 13.3. The summed E-state index contributed by atoms with van der Waals surface area (Å²) >= 11 is 14.1. The first-order valence-corrected chi connectivity index (χ1v) is 10.2. The smallest absolute Gasteiger partial charge is 0.174 e. The SMILES string of the molecule is O=C1c2ccccc2C2=Nc3ccccc3SC(c3ccc(Cl)c(Cl)c3)C12. The number of hydrogen-bond donors (Lipinski definition) is 0. The van der Waals surface area contributed by atoms with E-state index >= 15 is 0 Å². The van der Waals surface area contributed by atoms with E-state index in [1.54, 1.807) is 17.8 Å². The molecule has 27 heavy (non-hydrogen) atoms. The van der Waals surface area contributed by atoms with Crippen molar-refractivity contribution in [3.8, 4) is 0 Å². The molecule has 0 amide bonds. The zero-order valence-corrected chi connectivity index (χ0v) is 16.4. The molecule has 0 saturated heterocycles. The standard InChI is InChI=1S/C22H13Cl2NOS/c23-15-10-9-12(11-16(15)24)22-19-20(13-5-1-2-6-14(13)21(19)26)25-17-7-3-4-8-18(17)27-22/h1-11,19,22H. The van der Waals surface area contributed by atoms with Gasteiger partial charge in [-0.25, -0.2) is 0 Å². The number of Topliss-reactive ketones (excluding diaryl/α,β-unsaturated/α-hetero) is 1. The number of fused-ring (bicyclic) bond motifs is 4. The lowest BCUT2D eigenvalue weighted by Gasteiger charge is -2.22. The summed E-state index contributed by atoms with van der Waals surface area (Å²) in [5.74, 6) is -0.238. The van der Waals surface area contributed by atoms with Crippen LogP contribution in [0, 0.1) is 5.92 Å². The van der Waals surface area contributed by atoms with Gasteiger partial charge >= 0.3 is 0 Å². The van der Waals surface area contributed by atoms with E-state index < -0.39 is 0 Å². The maximum Gasteiger partial charge on any atom is 0.174 e. The molecule has 1 heterocycles. The Morgan fingerprint density at radius 1 is 0.852 bits per heavy atom. The molecule has 1 aliphatic heterocycles. The zero-order valence-electron chi connectivity index (χ0n) is 14.0. The predicted octanol–water partition coefficient (Wildman–Crippen LogP) is 6.77. The van der Waals surface area contributed by atoms with Crippen LogP contribution in [0.25, 0.3) is 0 Å². The molecule has 0 radical (unpaired) electrons. The van der Waals surface area contributed by atoms with Crippen LogP contribution in [0.4, 0.5) is 5.69 Å². The van der Waals surface area contributed by atoms with Crippen LogP contribution in [-0.4, -0.2) is 11.5 Å². The fourth-order valence-electron chi connectivity index (χ4n) is 3.72. The van der Waals surface area contributed by atoms with Crippen molar-refractivity contribution in [1.29, 1.82) is 0 Å². The van der Waals surface area contributed by atoms with Gasteiger partial charge in [-0.05, 0) is 29.8 Å². The van der Waals surface area contributed by atoms with E-state index in [9.17, 15) is 4.79 Å². The third-order valence-electron chi connectivity index (χ3n) is 4.98. The number of benzene rings is 3. The molecule has 5 heteroatoms. The van der Waals surface area contributed by atoms with Gasteiger partial charge in [0, 0.05) is 16.0 Å². The molecule has 0 saturated carbocycles. The highest BCUT2D eigenvalue weighted by molar-refractivity contribution is 7.99. The molecule has 3 aromatic carbocycles. The van der Waals surface area contributed by atoms with Crippen LogP contribution < -0.4 is 0 Å². The normalized spacial score (nSPS) is 20.4. The number of rotatable bonds is 1. The molecule has 0 spiro atoms. The Kier molecular flexibility index (Phi) is 4.12. The number of halogens is 2. The van der Waals surface area contributed by atoms with Crippen LogP contribution in [0.15, 0.2) is 76.6 Å². The lowest BCUT2D eigenvalue weighted by molar-refractivity contribution is 0.0960. The predicted molar refractivity (Wildman–Crippen MR) is 112 cm³/mol. The molecular formula is C22H13Cl2NOS. The van der Waals surface area contributed by atoms with E-state index in [1.165, 1.54) is 0 Å². The largest absolute Gasteiger partial charge is 0.293 e. The lowest BCUT2D eigenvalue weighted by atomic mass is 9.93. The third-order valence-corrected chi connectivity index (χ3v) is 7.12. The number of nitrogens with zero attached hydrogens (tertiary/aromatic N) is 1. The first kappa shape index (κ1) is 17.1. The molecule has 2 unspecified atom stereocenters. The topological polar surface area (TPSA) is 29.4 Å². The van der Waals surface area contributed by atoms with E-state index in [4.69, 9.17) is 28.2 Å². The van der Waals surface area contributed by atoms with Gasteiger partial charge in [0.25, 0.3) is 0 Å². The molecule has 2 aliphatic rings. The van der Waals surface area contributed by atoms with Crippen LogP contribution in [0.3, 0.4) is 0 Å². The second kappa shape index (κ2) is 6.52. The van der Waals surface area contributed by atoms with Crippen molar-refractivity contribution in [2.45, 2.75) is 10.1 Å². The first-order valence-electron chi connectivity index (χ1n) is 8.56. The van der Waals surface area contributed by atoms with Crippen LogP contribution in [0.1, 0.15) is 26.7 Å². The summed E-state index contributed by atoms with van der Waals surface area (Å²) in [5, 5.41) is 0.880. The average Bonchev–Trinajstić information content (AvgIpc) is 2.85. The number of carbonyl (C=O) groups excluding carboxylic acids is 1. The Labute approximate surface area is 171 Å². The minimum atomic E-state index is -0.350. The highest BCUT2D eigenvalue weighted by atomic mass is 35.5. The average molecular weight is 410 g/mol. The quantitative estimate of drug-likeness (QED) is 0.443. The van der Waals surface area contributed by atoms with Gasteiger partial charge in [-0.2, -0.15) is 0 Å². The van der Waals surface area contributed by atoms with Gasteiger partial charge in [0.15, 0.2) is 5.78 Å². The highest BCUT2D eigenvalue weighted by Gasteiger charge is 2.44. The molecule has 0 bridgehead atoms. The summed E-state index contributed by atoms with van der Waals surface area (Å²) in [6, 6.07) is 21.3. The van der Waals surface area contributed by atoms with E-state index in [2.05, 4.69) is 0 Å². The van der Waals surface area contributed by atoms with Gasteiger partial charge in [0.1, 0.15) is 0 Å². The number of para-hydroxylation sites is 1. The molecule has 2 atom stereocenters. The highest BCUT2D eigenvalue weighted by Crippen LogP contribution is 2.51. The Balaban J connectivity index is 1.75. The minimum absolute atomic E-state index is 0.112. The Morgan fingerprint density at radius 3 is 2.41 bits per heavy atom. The summed E-state index contributed by atoms with van der Waals surface area (Å²) in [5.41, 5.74) is 4.38. The lowest BCUT2D eigenvalue weighted by Crippen LogP contribution is -2.22. The summed E-state index contributed by atoms with van der Waals surface area (Å²) in [6.45, 7) is 0. The molecular weight excluding hydrogens is 397 g/mol. The fourth-order valence-corrected chi connectivity index (χ4v) is 5.37. The first-order chi connectivity index (χ1) is 13.1. The number of ketones is 1. The number of hydrogen-bond acceptors (Lipinski definition) is 3. The molecule has 1 aliphatic carbocycles. The Hall–Kier alpha value is -2.07. The molecule has 0 aromatic heterocycles. The summed E-state index contributed by atoms with van der Waals surface area (Å²) in [6.07, 6.45) is 0. The molecule has 5 rings (SSSR count). The summed E-state index contributed by atoms with van der Waals surface area (Å²) in [7, 11) is 0. The van der Waals surface area contributed by atoms with Gasteiger partial charge in [0.2, 0.25) is 0 Å². The maximum absolute atomic E-state index is 13.3. The van der Waals surface area contributed by atoms with Crippen molar-refractivity contribution in [2.24, 2.45) is 10.9 Å². The zero-order chi connectivity index (χ0) is 18.5. The Morgan fingerprint density at radius 2 is 1.59 bits per heavy atom. The van der Waals surface area contributed by atoms with E-state index in [1.807, 2.05) is 60.7 Å². The second-order valence-electron chi connectivity index (χ2n) is 6.56. The Bertz CT molecular complexity index is 1120. The fraction of sp³-hybridized carbons (Fsp3) is 0.0909. The van der Waals surface area contributed by atoms with Crippen molar-refractivity contribution in [3.63, 3.8) is 0 Å². The van der Waals surface area contributed by atoms with Crippen molar-refractivity contribution in [3.05, 3.63) is 93.5 Å². The van der Waals surface area contributed by atoms with Crippen molar-refractivity contribution in [2.75, 3.05) is 0 Å². The van der Waals surface area contributed by atoms with E-state index in [0.717, 1.165) is 33.0 Å². The molecule has 132 valence electrons. The van der Waals surface area contributed by atoms with E-state index in [0.29, 0.717) is 10.0 Å². The van der Waals surface area contributed by atoms with Crippen molar-refractivity contribution >= 4 is 52.1 Å².